The van der Waals surface area contributed by atoms with E-state index < -0.39 is 0 Å². The van der Waals surface area contributed by atoms with Gasteiger partial charge in [0.05, 0.1) is 7.11 Å². The fourth-order valence-corrected chi connectivity index (χ4v) is 2.63. The van der Waals surface area contributed by atoms with E-state index in [4.69, 9.17) is 16.3 Å². The van der Waals surface area contributed by atoms with Crippen LogP contribution in [0, 0.1) is 5.92 Å². The van der Waals surface area contributed by atoms with Gasteiger partial charge in [-0.25, -0.2) is 0 Å². The molecule has 16 heavy (non-hydrogen) atoms. The van der Waals surface area contributed by atoms with Gasteiger partial charge in [-0.2, -0.15) is 0 Å². The van der Waals surface area contributed by atoms with Gasteiger partial charge in [-0.3, -0.25) is 0 Å². The third kappa shape index (κ3) is 3.39. The lowest BCUT2D eigenvalue weighted by molar-refractivity contribution is 0.393. The van der Waals surface area contributed by atoms with Crippen LogP contribution < -0.4 is 4.74 Å². The van der Waals surface area contributed by atoms with E-state index in [2.05, 4.69) is 29.8 Å². The van der Waals surface area contributed by atoms with Gasteiger partial charge in [0.25, 0.3) is 0 Å². The lowest BCUT2D eigenvalue weighted by Crippen LogP contribution is -2.09. The number of alkyl halides is 1. The summed E-state index contributed by atoms with van der Waals surface area (Å²) in [6.45, 7) is 4.46. The molecule has 1 nitrogen and oxygen atoms in total. The van der Waals surface area contributed by atoms with Crippen molar-refractivity contribution in [1.82, 2.24) is 0 Å². The Balaban J connectivity index is 3.10. The average molecular weight is 306 g/mol. The molecule has 1 atom stereocenters. The Morgan fingerprint density at radius 2 is 2.06 bits per heavy atom. The fraction of sp³-hybridized carbons (Fsp3) is 0.538. The van der Waals surface area contributed by atoms with Crippen LogP contribution in [0.5, 0.6) is 5.75 Å². The van der Waals surface area contributed by atoms with E-state index in [-0.39, 0.29) is 0 Å². The highest BCUT2D eigenvalue weighted by atomic mass is 79.9. The van der Waals surface area contributed by atoms with Crippen molar-refractivity contribution >= 4 is 27.5 Å². The number of benzene rings is 1. The Bertz CT molecular complexity index is 339. The molecular weight excluding hydrogens is 287 g/mol. The fourth-order valence-electron chi connectivity index (χ4n) is 1.96. The minimum atomic E-state index is 0.480. The van der Waals surface area contributed by atoms with Crippen molar-refractivity contribution in [2.75, 3.05) is 12.4 Å². The van der Waals surface area contributed by atoms with Gasteiger partial charge in [-0.1, -0.05) is 41.4 Å². The molecule has 0 aliphatic carbocycles. The first-order valence-corrected chi connectivity index (χ1v) is 6.99. The number of methoxy groups -OCH3 is 1. The van der Waals surface area contributed by atoms with Crippen molar-refractivity contribution in [2.24, 2.45) is 5.92 Å². The molecule has 1 rings (SSSR count). The highest BCUT2D eigenvalue weighted by Gasteiger charge is 2.19. The minimum Gasteiger partial charge on any atom is -0.496 e. The summed E-state index contributed by atoms with van der Waals surface area (Å²) in [5.74, 6) is 1.99. The monoisotopic (exact) mass is 304 g/mol. The van der Waals surface area contributed by atoms with E-state index in [0.717, 1.165) is 22.5 Å². The molecule has 0 spiro atoms. The lowest BCUT2D eigenvalue weighted by atomic mass is 9.86. The Kier molecular flexibility index (Phi) is 5.63. The Hall–Kier alpha value is -0.210. The first kappa shape index (κ1) is 13.9. The molecule has 0 amide bonds. The molecule has 0 aromatic heterocycles. The molecule has 1 aromatic rings. The minimum absolute atomic E-state index is 0.480. The van der Waals surface area contributed by atoms with E-state index in [9.17, 15) is 0 Å². The van der Waals surface area contributed by atoms with E-state index >= 15 is 0 Å². The van der Waals surface area contributed by atoms with Crippen LogP contribution in [0.25, 0.3) is 0 Å². The molecule has 0 aliphatic rings. The molecule has 0 N–H and O–H groups in total. The highest BCUT2D eigenvalue weighted by Crippen LogP contribution is 2.36. The summed E-state index contributed by atoms with van der Waals surface area (Å²) < 4.78 is 5.40. The summed E-state index contributed by atoms with van der Waals surface area (Å²) in [6.07, 6.45) is 1.09. The molecule has 0 saturated heterocycles. The van der Waals surface area contributed by atoms with Gasteiger partial charge in [-0.05, 0) is 42.0 Å². The van der Waals surface area contributed by atoms with Crippen LogP contribution >= 0.6 is 27.5 Å². The molecule has 0 fully saturated rings. The predicted octanol–water partition coefficient (Wildman–Crippen LogP) is 4.87. The van der Waals surface area contributed by atoms with Gasteiger partial charge in [0, 0.05) is 10.4 Å². The highest BCUT2D eigenvalue weighted by molar-refractivity contribution is 9.09. The molecule has 0 heterocycles. The predicted molar refractivity (Wildman–Crippen MR) is 74.0 cm³/mol. The van der Waals surface area contributed by atoms with Gasteiger partial charge in [0.1, 0.15) is 5.75 Å². The molecule has 1 unspecified atom stereocenters. The third-order valence-corrected chi connectivity index (χ3v) is 3.51. The van der Waals surface area contributed by atoms with Crippen molar-refractivity contribution in [3.05, 3.63) is 28.8 Å². The zero-order chi connectivity index (χ0) is 12.1. The summed E-state index contributed by atoms with van der Waals surface area (Å²) in [5, 5.41) is 1.77. The zero-order valence-electron chi connectivity index (χ0n) is 9.97. The number of halogens is 2. The van der Waals surface area contributed by atoms with E-state index in [1.807, 2.05) is 18.2 Å². The van der Waals surface area contributed by atoms with Crippen LogP contribution in [0.3, 0.4) is 0 Å². The van der Waals surface area contributed by atoms with Crippen LogP contribution in [0.1, 0.15) is 31.7 Å². The van der Waals surface area contributed by atoms with Gasteiger partial charge in [-0.15, -0.1) is 0 Å². The zero-order valence-corrected chi connectivity index (χ0v) is 12.3. The lowest BCUT2D eigenvalue weighted by Gasteiger charge is -2.22. The van der Waals surface area contributed by atoms with Gasteiger partial charge < -0.3 is 4.74 Å². The molecule has 0 bridgehead atoms. The van der Waals surface area contributed by atoms with Crippen molar-refractivity contribution < 1.29 is 4.74 Å². The maximum atomic E-state index is 6.06. The SMILES string of the molecule is COc1ccc(Cl)cc1C(CCBr)C(C)C. The summed E-state index contributed by atoms with van der Waals surface area (Å²) >= 11 is 9.56. The second kappa shape index (κ2) is 6.51. The van der Waals surface area contributed by atoms with Crippen molar-refractivity contribution in [2.45, 2.75) is 26.2 Å². The Morgan fingerprint density at radius 3 is 2.56 bits per heavy atom. The van der Waals surface area contributed by atoms with Crippen LogP contribution in [-0.4, -0.2) is 12.4 Å². The quantitative estimate of drug-likeness (QED) is 0.705. The van der Waals surface area contributed by atoms with Crippen LogP contribution in [0.15, 0.2) is 18.2 Å². The van der Waals surface area contributed by atoms with Gasteiger partial charge >= 0.3 is 0 Å². The maximum absolute atomic E-state index is 6.06. The Morgan fingerprint density at radius 1 is 1.38 bits per heavy atom. The topological polar surface area (TPSA) is 9.23 Å². The normalized spacial score (nSPS) is 12.9. The average Bonchev–Trinajstić information content (AvgIpc) is 2.25. The maximum Gasteiger partial charge on any atom is 0.122 e. The third-order valence-electron chi connectivity index (χ3n) is 2.82. The molecular formula is C13H18BrClO. The number of hydrogen-bond acceptors (Lipinski definition) is 1. The van der Waals surface area contributed by atoms with Gasteiger partial charge in [0.2, 0.25) is 0 Å². The van der Waals surface area contributed by atoms with E-state index in [1.165, 1.54) is 5.56 Å². The van der Waals surface area contributed by atoms with Crippen molar-refractivity contribution in [1.29, 1.82) is 0 Å². The van der Waals surface area contributed by atoms with Crippen LogP contribution in [0.4, 0.5) is 0 Å². The second-order valence-corrected chi connectivity index (χ2v) is 5.44. The second-order valence-electron chi connectivity index (χ2n) is 4.21. The summed E-state index contributed by atoms with van der Waals surface area (Å²) in [4.78, 5) is 0. The standard InChI is InChI=1S/C13H18BrClO/c1-9(2)11(6-7-14)12-8-10(15)4-5-13(12)16-3/h4-5,8-9,11H,6-7H2,1-3H3. The van der Waals surface area contributed by atoms with Gasteiger partial charge in [0.15, 0.2) is 0 Å². The molecule has 90 valence electrons. The summed E-state index contributed by atoms with van der Waals surface area (Å²) in [7, 11) is 1.71. The summed E-state index contributed by atoms with van der Waals surface area (Å²) in [6, 6.07) is 5.84. The molecule has 0 radical (unpaired) electrons. The van der Waals surface area contributed by atoms with Crippen LogP contribution in [-0.2, 0) is 0 Å². The van der Waals surface area contributed by atoms with Crippen molar-refractivity contribution in [3.8, 4) is 5.75 Å². The van der Waals surface area contributed by atoms with E-state index in [1.54, 1.807) is 7.11 Å². The molecule has 0 saturated carbocycles. The number of hydrogen-bond donors (Lipinski definition) is 0. The largest absolute Gasteiger partial charge is 0.496 e. The number of rotatable bonds is 5. The molecule has 0 aliphatic heterocycles. The molecule has 3 heteroatoms. The summed E-state index contributed by atoms with van der Waals surface area (Å²) in [5.41, 5.74) is 1.21. The van der Waals surface area contributed by atoms with E-state index in [0.29, 0.717) is 11.8 Å². The van der Waals surface area contributed by atoms with Crippen LogP contribution in [0.2, 0.25) is 5.02 Å². The smallest absolute Gasteiger partial charge is 0.122 e. The first-order valence-electron chi connectivity index (χ1n) is 5.49. The van der Waals surface area contributed by atoms with Crippen molar-refractivity contribution in [3.63, 3.8) is 0 Å². The molecule has 1 aromatic carbocycles. The Labute approximate surface area is 111 Å². The number of ether oxygens (including phenoxy) is 1. The first-order chi connectivity index (χ1) is 7.60.